The zero-order valence-electron chi connectivity index (χ0n) is 24.4. The highest BCUT2D eigenvalue weighted by Crippen LogP contribution is 2.29. The Balaban J connectivity index is 1.35. The molecule has 0 aliphatic carbocycles. The number of aryl methyl sites for hydroxylation is 3. The molecule has 1 amide bonds. The van der Waals surface area contributed by atoms with Gasteiger partial charge in [-0.05, 0) is 107 Å². The van der Waals surface area contributed by atoms with Crippen LogP contribution in [-0.4, -0.2) is 59.1 Å². The normalized spacial score (nSPS) is 15.1. The number of piperidine rings is 1. The number of nitrogens with one attached hydrogen (secondary N) is 1. The second-order valence-corrected chi connectivity index (χ2v) is 11.1. The van der Waals surface area contributed by atoms with Gasteiger partial charge in [0.15, 0.2) is 0 Å². The van der Waals surface area contributed by atoms with Gasteiger partial charge in [0.25, 0.3) is 5.91 Å². The summed E-state index contributed by atoms with van der Waals surface area (Å²) in [5.41, 5.74) is 5.86. The molecule has 1 fully saturated rings. The highest BCUT2D eigenvalue weighted by molar-refractivity contribution is 6.29. The molecule has 1 saturated heterocycles. The first-order valence-electron chi connectivity index (χ1n) is 14.3. The molecule has 0 saturated carbocycles. The highest BCUT2D eigenvalue weighted by atomic mass is 35.5. The van der Waals surface area contributed by atoms with Crippen LogP contribution in [0.3, 0.4) is 0 Å². The van der Waals surface area contributed by atoms with E-state index in [1.807, 2.05) is 33.2 Å². The Morgan fingerprint density at radius 1 is 1.15 bits per heavy atom. The summed E-state index contributed by atoms with van der Waals surface area (Å²) in [6.07, 6.45) is 6.91. The minimum Gasteiger partial charge on any atom is -0.494 e. The lowest BCUT2D eigenvalue weighted by Gasteiger charge is -2.42. The lowest BCUT2D eigenvalue weighted by atomic mass is 9.99. The third-order valence-electron chi connectivity index (χ3n) is 7.97. The van der Waals surface area contributed by atoms with Crippen LogP contribution < -0.4 is 15.0 Å². The molecule has 3 heterocycles. The number of halogens is 1. The largest absolute Gasteiger partial charge is 0.494 e. The van der Waals surface area contributed by atoms with E-state index in [2.05, 4.69) is 69.3 Å². The number of carbonyl (C=O) groups is 1. The van der Waals surface area contributed by atoms with Gasteiger partial charge >= 0.3 is 0 Å². The predicted molar refractivity (Wildman–Crippen MR) is 162 cm³/mol. The van der Waals surface area contributed by atoms with Crippen LogP contribution >= 0.6 is 11.6 Å². The first-order chi connectivity index (χ1) is 19.3. The van der Waals surface area contributed by atoms with E-state index >= 15 is 0 Å². The number of rotatable bonds is 11. The molecule has 8 heteroatoms. The van der Waals surface area contributed by atoms with Crippen molar-refractivity contribution in [2.24, 2.45) is 0 Å². The van der Waals surface area contributed by atoms with Gasteiger partial charge in [0.2, 0.25) is 0 Å². The Morgan fingerprint density at radius 2 is 1.88 bits per heavy atom. The minimum absolute atomic E-state index is 0.0817. The molecule has 1 atom stereocenters. The number of benzene rings is 1. The van der Waals surface area contributed by atoms with E-state index in [-0.39, 0.29) is 5.91 Å². The molecule has 1 N–H and O–H groups in total. The molecule has 4 rings (SSSR count). The van der Waals surface area contributed by atoms with Crippen molar-refractivity contribution >= 4 is 23.2 Å². The number of pyridine rings is 2. The number of amides is 1. The van der Waals surface area contributed by atoms with E-state index in [4.69, 9.17) is 16.3 Å². The molecular formula is C32H42ClN5O2. The molecule has 0 spiro atoms. The third-order valence-corrected chi connectivity index (χ3v) is 8.17. The van der Waals surface area contributed by atoms with Crippen molar-refractivity contribution in [3.63, 3.8) is 0 Å². The molecule has 0 bridgehead atoms. The molecular weight excluding hydrogens is 522 g/mol. The Bertz CT molecular complexity index is 1250. The van der Waals surface area contributed by atoms with Crippen molar-refractivity contribution in [3.05, 3.63) is 81.9 Å². The van der Waals surface area contributed by atoms with E-state index in [0.717, 1.165) is 50.2 Å². The molecule has 0 radical (unpaired) electrons. The number of nitrogens with zero attached hydrogens (tertiary/aromatic N) is 4. The van der Waals surface area contributed by atoms with Crippen LogP contribution in [0.2, 0.25) is 5.15 Å². The minimum atomic E-state index is -0.0817. The zero-order valence-corrected chi connectivity index (χ0v) is 25.2. The van der Waals surface area contributed by atoms with Gasteiger partial charge < -0.3 is 19.9 Å². The Morgan fingerprint density at radius 3 is 2.52 bits per heavy atom. The van der Waals surface area contributed by atoms with Crippen LogP contribution in [0.15, 0.2) is 48.8 Å². The predicted octanol–water partition coefficient (Wildman–Crippen LogP) is 6.13. The summed E-state index contributed by atoms with van der Waals surface area (Å²) in [7, 11) is 0. The number of ether oxygens (including phenoxy) is 1. The second-order valence-electron chi connectivity index (χ2n) is 10.7. The van der Waals surface area contributed by atoms with Crippen LogP contribution in [0.1, 0.15) is 65.9 Å². The molecule has 0 unspecified atom stereocenters. The molecule has 3 aromatic rings. The van der Waals surface area contributed by atoms with Gasteiger partial charge in [-0.3, -0.25) is 9.78 Å². The number of anilines is 1. The third kappa shape index (κ3) is 7.52. The van der Waals surface area contributed by atoms with E-state index in [0.29, 0.717) is 41.6 Å². The summed E-state index contributed by atoms with van der Waals surface area (Å²) < 4.78 is 5.68. The smallest absolute Gasteiger partial charge is 0.253 e. The summed E-state index contributed by atoms with van der Waals surface area (Å²) in [6, 6.07) is 13.1. The molecule has 1 aromatic carbocycles. The SMILES string of the molecule is CCOc1ccc(N(Cc2cnccc2C)C2CCN([C@H](C)CCNC(=O)c3c(C)cc(Cl)nc3C)CC2)cc1. The zero-order chi connectivity index (χ0) is 28.6. The van der Waals surface area contributed by atoms with E-state index in [9.17, 15) is 4.79 Å². The molecule has 1 aliphatic rings. The van der Waals surface area contributed by atoms with Gasteiger partial charge in [0.05, 0.1) is 17.9 Å². The fourth-order valence-corrected chi connectivity index (χ4v) is 5.90. The Labute approximate surface area is 243 Å². The van der Waals surface area contributed by atoms with Crippen molar-refractivity contribution in [2.75, 3.05) is 31.1 Å². The van der Waals surface area contributed by atoms with Gasteiger partial charge in [-0.1, -0.05) is 11.6 Å². The van der Waals surface area contributed by atoms with E-state index in [1.165, 1.54) is 16.8 Å². The van der Waals surface area contributed by atoms with Crippen LogP contribution in [0.4, 0.5) is 5.69 Å². The summed E-state index contributed by atoms with van der Waals surface area (Å²) in [4.78, 5) is 26.5. The number of aromatic nitrogens is 2. The van der Waals surface area contributed by atoms with Crippen LogP contribution in [0, 0.1) is 20.8 Å². The summed E-state index contributed by atoms with van der Waals surface area (Å²) >= 11 is 6.03. The van der Waals surface area contributed by atoms with Crippen molar-refractivity contribution in [2.45, 2.75) is 72.5 Å². The molecule has 40 heavy (non-hydrogen) atoms. The Kier molecular flexibility index (Phi) is 10.4. The summed E-state index contributed by atoms with van der Waals surface area (Å²) in [5, 5.41) is 3.51. The fourth-order valence-electron chi connectivity index (χ4n) is 5.61. The summed E-state index contributed by atoms with van der Waals surface area (Å²) in [6.45, 7) is 14.3. The average molecular weight is 564 g/mol. The molecule has 214 valence electrons. The summed E-state index contributed by atoms with van der Waals surface area (Å²) in [5.74, 6) is 0.818. The number of carbonyl (C=O) groups excluding carboxylic acids is 1. The van der Waals surface area contributed by atoms with Crippen molar-refractivity contribution < 1.29 is 9.53 Å². The average Bonchev–Trinajstić information content (AvgIpc) is 2.93. The monoisotopic (exact) mass is 563 g/mol. The lowest BCUT2D eigenvalue weighted by molar-refractivity contribution is 0.0943. The number of hydrogen-bond donors (Lipinski definition) is 1. The number of likely N-dealkylation sites (tertiary alicyclic amines) is 1. The van der Waals surface area contributed by atoms with Crippen LogP contribution in [0.25, 0.3) is 0 Å². The van der Waals surface area contributed by atoms with Crippen molar-refractivity contribution in [1.29, 1.82) is 0 Å². The topological polar surface area (TPSA) is 70.6 Å². The van der Waals surface area contributed by atoms with Gasteiger partial charge in [-0.15, -0.1) is 0 Å². The van der Waals surface area contributed by atoms with Crippen molar-refractivity contribution in [1.82, 2.24) is 20.2 Å². The van der Waals surface area contributed by atoms with Gasteiger partial charge in [0, 0.05) is 56.3 Å². The standard InChI is InChI=1S/C32H42ClN5O2/c1-6-40-29-9-7-27(8-10-29)38(21-26-20-34-15-11-22(26)2)28-13-17-37(18-14-28)24(4)12-16-35-32(39)31-23(3)19-30(33)36-25(31)5/h7-11,15,19-20,24,28H,6,12-14,16-18,21H2,1-5H3,(H,35,39)/t24-/m1/s1. The van der Waals surface area contributed by atoms with Crippen LogP contribution in [-0.2, 0) is 6.54 Å². The quantitative estimate of drug-likeness (QED) is 0.283. The number of hydrogen-bond acceptors (Lipinski definition) is 6. The fraction of sp³-hybridized carbons (Fsp3) is 0.469. The van der Waals surface area contributed by atoms with E-state index in [1.54, 1.807) is 6.07 Å². The van der Waals surface area contributed by atoms with Gasteiger partial charge in [-0.2, -0.15) is 0 Å². The maximum Gasteiger partial charge on any atom is 0.253 e. The molecule has 2 aromatic heterocycles. The van der Waals surface area contributed by atoms with Crippen LogP contribution in [0.5, 0.6) is 5.75 Å². The first-order valence-corrected chi connectivity index (χ1v) is 14.7. The van der Waals surface area contributed by atoms with Crippen molar-refractivity contribution in [3.8, 4) is 5.75 Å². The molecule has 1 aliphatic heterocycles. The second kappa shape index (κ2) is 14.0. The Hall–Kier alpha value is -3.16. The van der Waals surface area contributed by atoms with Gasteiger partial charge in [0.1, 0.15) is 10.9 Å². The van der Waals surface area contributed by atoms with Gasteiger partial charge in [-0.25, -0.2) is 4.98 Å². The first kappa shape index (κ1) is 29.8. The highest BCUT2D eigenvalue weighted by Gasteiger charge is 2.28. The maximum atomic E-state index is 12.8. The maximum absolute atomic E-state index is 12.8. The van der Waals surface area contributed by atoms with E-state index < -0.39 is 0 Å². The molecule has 7 nitrogen and oxygen atoms in total. The lowest BCUT2D eigenvalue weighted by Crippen LogP contribution is -2.48.